The Hall–Kier alpha value is -1.95. The van der Waals surface area contributed by atoms with Crippen LogP contribution in [0, 0.1) is 0 Å². The summed E-state index contributed by atoms with van der Waals surface area (Å²) in [5, 5.41) is 5.44. The summed E-state index contributed by atoms with van der Waals surface area (Å²) in [6.07, 6.45) is 1.52. The molecule has 0 unspecified atom stereocenters. The predicted molar refractivity (Wildman–Crippen MR) is 72.8 cm³/mol. The molecular formula is C12H14N4OS. The van der Waals surface area contributed by atoms with Crippen LogP contribution in [0.25, 0.3) is 0 Å². The number of amides is 1. The van der Waals surface area contributed by atoms with Gasteiger partial charge in [-0.2, -0.15) is 0 Å². The average molecular weight is 262 g/mol. The molecule has 94 valence electrons. The second-order valence-corrected chi connectivity index (χ2v) is 5.04. The lowest BCUT2D eigenvalue weighted by Crippen LogP contribution is -2.12. The number of thiazole rings is 1. The highest BCUT2D eigenvalue weighted by Crippen LogP contribution is 2.19. The first kappa shape index (κ1) is 12.5. The zero-order valence-electron chi connectivity index (χ0n) is 10.2. The molecule has 2 heterocycles. The van der Waals surface area contributed by atoms with Crippen LogP contribution in [0.3, 0.4) is 0 Å². The van der Waals surface area contributed by atoms with Crippen LogP contribution >= 0.6 is 11.3 Å². The molecule has 0 spiro atoms. The summed E-state index contributed by atoms with van der Waals surface area (Å²) < 4.78 is 0. The summed E-state index contributed by atoms with van der Waals surface area (Å²) in [5.41, 5.74) is 6.51. The third kappa shape index (κ3) is 2.84. The minimum atomic E-state index is -0.232. The molecule has 0 fully saturated rings. The fraction of sp³-hybridized carbons (Fsp3) is 0.250. The molecule has 0 radical (unpaired) electrons. The minimum Gasteiger partial charge on any atom is -0.384 e. The van der Waals surface area contributed by atoms with E-state index in [1.807, 2.05) is 13.8 Å². The first-order valence-electron chi connectivity index (χ1n) is 5.54. The molecule has 0 aromatic carbocycles. The third-order valence-electron chi connectivity index (χ3n) is 2.29. The second-order valence-electron chi connectivity index (χ2n) is 4.15. The summed E-state index contributed by atoms with van der Waals surface area (Å²) in [4.78, 5) is 20.1. The third-order valence-corrected chi connectivity index (χ3v) is 3.44. The first-order chi connectivity index (χ1) is 8.56. The molecule has 2 aromatic heterocycles. The number of aromatic nitrogens is 2. The zero-order valence-corrected chi connectivity index (χ0v) is 11.0. The maximum absolute atomic E-state index is 11.9. The van der Waals surface area contributed by atoms with Gasteiger partial charge in [-0.3, -0.25) is 4.79 Å². The number of carbonyl (C=O) groups excluding carboxylic acids is 1. The maximum atomic E-state index is 11.9. The molecule has 0 atom stereocenters. The van der Waals surface area contributed by atoms with Gasteiger partial charge in [-0.1, -0.05) is 13.8 Å². The standard InChI is InChI=1S/C12H14N4OS/c1-7(2)12-16-9(6-18-12)11(17)15-8-3-4-10(13)14-5-8/h3-7H,1-2H3,(H2,13,14)(H,15,17). The lowest BCUT2D eigenvalue weighted by Gasteiger charge is -2.02. The lowest BCUT2D eigenvalue weighted by atomic mass is 10.2. The smallest absolute Gasteiger partial charge is 0.275 e. The highest BCUT2D eigenvalue weighted by molar-refractivity contribution is 7.09. The zero-order chi connectivity index (χ0) is 13.1. The van der Waals surface area contributed by atoms with Crippen molar-refractivity contribution in [3.05, 3.63) is 34.4 Å². The fourth-order valence-electron chi connectivity index (χ4n) is 1.33. The van der Waals surface area contributed by atoms with Crippen molar-refractivity contribution < 1.29 is 4.79 Å². The summed E-state index contributed by atoms with van der Waals surface area (Å²) >= 11 is 1.49. The highest BCUT2D eigenvalue weighted by atomic mass is 32.1. The molecule has 5 nitrogen and oxygen atoms in total. The van der Waals surface area contributed by atoms with Crippen molar-refractivity contribution >= 4 is 28.7 Å². The van der Waals surface area contributed by atoms with Crippen LogP contribution in [-0.2, 0) is 0 Å². The number of nitrogen functional groups attached to an aromatic ring is 1. The normalized spacial score (nSPS) is 10.6. The van der Waals surface area contributed by atoms with Gasteiger partial charge in [-0.25, -0.2) is 9.97 Å². The van der Waals surface area contributed by atoms with E-state index in [1.54, 1.807) is 17.5 Å². The van der Waals surface area contributed by atoms with Gasteiger partial charge < -0.3 is 11.1 Å². The average Bonchev–Trinajstić information content (AvgIpc) is 2.81. The molecule has 0 saturated carbocycles. The number of carbonyl (C=O) groups is 1. The van der Waals surface area contributed by atoms with E-state index in [0.29, 0.717) is 23.1 Å². The Morgan fingerprint density at radius 3 is 2.78 bits per heavy atom. The van der Waals surface area contributed by atoms with Gasteiger partial charge in [0.05, 0.1) is 16.9 Å². The first-order valence-corrected chi connectivity index (χ1v) is 6.42. The summed E-state index contributed by atoms with van der Waals surface area (Å²) in [6, 6.07) is 3.34. The van der Waals surface area contributed by atoms with Gasteiger partial charge in [-0.15, -0.1) is 11.3 Å². The van der Waals surface area contributed by atoms with Gasteiger partial charge in [0.15, 0.2) is 0 Å². The van der Waals surface area contributed by atoms with Crippen LogP contribution in [0.1, 0.15) is 35.3 Å². The Balaban J connectivity index is 2.09. The van der Waals surface area contributed by atoms with Crippen molar-refractivity contribution in [1.29, 1.82) is 0 Å². The monoisotopic (exact) mass is 262 g/mol. The van der Waals surface area contributed by atoms with Crippen molar-refractivity contribution in [2.45, 2.75) is 19.8 Å². The van der Waals surface area contributed by atoms with Gasteiger partial charge >= 0.3 is 0 Å². The van der Waals surface area contributed by atoms with E-state index in [9.17, 15) is 4.79 Å². The van der Waals surface area contributed by atoms with Gasteiger partial charge in [0, 0.05) is 11.3 Å². The minimum absolute atomic E-state index is 0.232. The topological polar surface area (TPSA) is 80.9 Å². The summed E-state index contributed by atoms with van der Waals surface area (Å²) in [6.45, 7) is 4.09. The van der Waals surface area contributed by atoms with E-state index in [-0.39, 0.29) is 5.91 Å². The van der Waals surface area contributed by atoms with Crippen LogP contribution in [0.2, 0.25) is 0 Å². The SMILES string of the molecule is CC(C)c1nc(C(=O)Nc2ccc(N)nc2)cs1. The van der Waals surface area contributed by atoms with E-state index in [1.165, 1.54) is 17.5 Å². The number of nitrogens with one attached hydrogen (secondary N) is 1. The van der Waals surface area contributed by atoms with Gasteiger partial charge in [-0.05, 0) is 12.1 Å². The number of rotatable bonds is 3. The molecule has 0 aliphatic heterocycles. The van der Waals surface area contributed by atoms with Gasteiger partial charge in [0.25, 0.3) is 5.91 Å². The van der Waals surface area contributed by atoms with E-state index >= 15 is 0 Å². The van der Waals surface area contributed by atoms with Crippen molar-refractivity contribution in [2.75, 3.05) is 11.1 Å². The van der Waals surface area contributed by atoms with E-state index in [2.05, 4.69) is 15.3 Å². The number of nitrogens with zero attached hydrogens (tertiary/aromatic N) is 2. The van der Waals surface area contributed by atoms with Gasteiger partial charge in [0.1, 0.15) is 11.5 Å². The van der Waals surface area contributed by atoms with Crippen LogP contribution in [0.15, 0.2) is 23.7 Å². The molecule has 1 amide bonds. The summed E-state index contributed by atoms with van der Waals surface area (Å²) in [5.74, 6) is 0.517. The lowest BCUT2D eigenvalue weighted by molar-refractivity contribution is 0.102. The van der Waals surface area contributed by atoms with E-state index in [4.69, 9.17) is 5.73 Å². The molecule has 2 rings (SSSR count). The molecular weight excluding hydrogens is 248 g/mol. The van der Waals surface area contributed by atoms with Gasteiger partial charge in [0.2, 0.25) is 0 Å². The quantitative estimate of drug-likeness (QED) is 0.890. The number of nitrogens with two attached hydrogens (primary N) is 1. The second kappa shape index (κ2) is 5.14. The maximum Gasteiger partial charge on any atom is 0.275 e. The van der Waals surface area contributed by atoms with Crippen LogP contribution in [0.4, 0.5) is 11.5 Å². The Morgan fingerprint density at radius 1 is 1.44 bits per heavy atom. The Kier molecular flexibility index (Phi) is 3.57. The molecule has 0 aliphatic carbocycles. The Labute approximate surface area is 109 Å². The van der Waals surface area contributed by atoms with Crippen LogP contribution < -0.4 is 11.1 Å². The largest absolute Gasteiger partial charge is 0.384 e. The molecule has 3 N–H and O–H groups in total. The molecule has 0 saturated heterocycles. The number of hydrogen-bond donors (Lipinski definition) is 2. The predicted octanol–water partition coefficient (Wildman–Crippen LogP) is 2.50. The van der Waals surface area contributed by atoms with E-state index in [0.717, 1.165) is 5.01 Å². The Bertz CT molecular complexity index is 547. The molecule has 18 heavy (non-hydrogen) atoms. The fourth-order valence-corrected chi connectivity index (χ4v) is 2.15. The van der Waals surface area contributed by atoms with Crippen LogP contribution in [0.5, 0.6) is 0 Å². The highest BCUT2D eigenvalue weighted by Gasteiger charge is 2.12. The summed E-state index contributed by atoms with van der Waals surface area (Å²) in [7, 11) is 0. The number of pyridine rings is 1. The number of hydrogen-bond acceptors (Lipinski definition) is 5. The number of anilines is 2. The van der Waals surface area contributed by atoms with Crippen molar-refractivity contribution in [3.8, 4) is 0 Å². The van der Waals surface area contributed by atoms with E-state index < -0.39 is 0 Å². The van der Waals surface area contributed by atoms with Crippen molar-refractivity contribution in [1.82, 2.24) is 9.97 Å². The van der Waals surface area contributed by atoms with Crippen molar-refractivity contribution in [3.63, 3.8) is 0 Å². The van der Waals surface area contributed by atoms with Crippen LogP contribution in [-0.4, -0.2) is 15.9 Å². The molecule has 0 aliphatic rings. The van der Waals surface area contributed by atoms with Crippen molar-refractivity contribution in [2.24, 2.45) is 0 Å². The molecule has 0 bridgehead atoms. The molecule has 2 aromatic rings. The Morgan fingerprint density at radius 2 is 2.22 bits per heavy atom. The molecule has 6 heteroatoms.